The van der Waals surface area contributed by atoms with Gasteiger partial charge in [0.1, 0.15) is 0 Å². The summed E-state index contributed by atoms with van der Waals surface area (Å²) in [6.45, 7) is 0.327. The molecule has 0 saturated carbocycles. The number of hydrogen-bond acceptors (Lipinski definition) is 4. The molecule has 1 aliphatic heterocycles. The maximum Gasteiger partial charge on any atom is 0.363 e. The van der Waals surface area contributed by atoms with E-state index in [0.717, 1.165) is 16.7 Å². The van der Waals surface area contributed by atoms with Crippen LogP contribution in [0.1, 0.15) is 16.7 Å². The Labute approximate surface area is 144 Å². The SMILES string of the molecule is [N-]=[N+]=NCc1ccc(C=CC=C2N=C(c3ccccc3)OC2=O)cc1. The summed E-state index contributed by atoms with van der Waals surface area (Å²) in [6.07, 6.45) is 5.22. The van der Waals surface area contributed by atoms with E-state index in [1.807, 2.05) is 60.7 Å². The van der Waals surface area contributed by atoms with Crippen LogP contribution in [-0.2, 0) is 16.1 Å². The Morgan fingerprint density at radius 3 is 2.60 bits per heavy atom. The standard InChI is InChI=1S/C19H14N4O2/c20-23-21-13-15-11-9-14(10-12-15)5-4-8-17-19(24)25-18(22-17)16-6-2-1-3-7-16/h1-12H,13H2. The van der Waals surface area contributed by atoms with Crippen molar-refractivity contribution in [2.45, 2.75) is 6.54 Å². The van der Waals surface area contributed by atoms with Crippen molar-refractivity contribution in [1.82, 2.24) is 0 Å². The molecule has 6 heteroatoms. The average molecular weight is 330 g/mol. The second kappa shape index (κ2) is 7.77. The first-order valence-corrected chi connectivity index (χ1v) is 7.61. The van der Waals surface area contributed by atoms with E-state index < -0.39 is 5.97 Å². The first-order valence-electron chi connectivity index (χ1n) is 7.61. The highest BCUT2D eigenvalue weighted by Gasteiger charge is 2.23. The highest BCUT2D eigenvalue weighted by molar-refractivity contribution is 6.11. The van der Waals surface area contributed by atoms with Gasteiger partial charge < -0.3 is 4.74 Å². The van der Waals surface area contributed by atoms with Crippen molar-refractivity contribution in [3.63, 3.8) is 0 Å². The molecule has 0 atom stereocenters. The van der Waals surface area contributed by atoms with Crippen LogP contribution >= 0.6 is 0 Å². The smallest absolute Gasteiger partial charge is 0.363 e. The van der Waals surface area contributed by atoms with Gasteiger partial charge >= 0.3 is 5.97 Å². The van der Waals surface area contributed by atoms with Crippen LogP contribution in [0, 0.1) is 0 Å². The molecule has 6 nitrogen and oxygen atoms in total. The van der Waals surface area contributed by atoms with E-state index in [-0.39, 0.29) is 5.70 Å². The fraction of sp³-hybridized carbons (Fsp3) is 0.0526. The summed E-state index contributed by atoms with van der Waals surface area (Å²) in [5, 5.41) is 3.51. The normalized spacial score (nSPS) is 15.1. The molecule has 2 aromatic carbocycles. The summed E-state index contributed by atoms with van der Waals surface area (Å²) in [5.74, 6) is -0.152. The quantitative estimate of drug-likeness (QED) is 0.267. The van der Waals surface area contributed by atoms with Crippen molar-refractivity contribution in [3.8, 4) is 0 Å². The highest BCUT2D eigenvalue weighted by atomic mass is 16.6. The van der Waals surface area contributed by atoms with Gasteiger partial charge in [-0.3, -0.25) is 0 Å². The molecule has 0 unspecified atom stereocenters. The Morgan fingerprint density at radius 2 is 1.88 bits per heavy atom. The minimum atomic E-state index is -0.465. The Bertz CT molecular complexity index is 906. The minimum absolute atomic E-state index is 0.259. The van der Waals surface area contributed by atoms with Gasteiger partial charge in [-0.15, -0.1) is 0 Å². The number of cyclic esters (lactones) is 1. The van der Waals surface area contributed by atoms with Crippen LogP contribution < -0.4 is 0 Å². The van der Waals surface area contributed by atoms with Crippen molar-refractivity contribution in [1.29, 1.82) is 0 Å². The third kappa shape index (κ3) is 4.22. The second-order valence-corrected chi connectivity index (χ2v) is 5.21. The number of allylic oxidation sites excluding steroid dienone is 2. The van der Waals surface area contributed by atoms with Gasteiger partial charge in [-0.25, -0.2) is 9.79 Å². The molecule has 0 aliphatic carbocycles. The van der Waals surface area contributed by atoms with Crippen LogP contribution in [0.15, 0.2) is 82.6 Å². The maximum absolute atomic E-state index is 11.9. The van der Waals surface area contributed by atoms with Gasteiger partial charge in [-0.1, -0.05) is 59.7 Å². The number of ether oxygens (including phenoxy) is 1. The molecule has 0 fully saturated rings. The Kier molecular flexibility index (Phi) is 5.04. The molecule has 3 rings (SSSR count). The molecule has 0 bridgehead atoms. The average Bonchev–Trinajstić information content (AvgIpc) is 3.03. The van der Waals surface area contributed by atoms with Gasteiger partial charge in [0.15, 0.2) is 5.70 Å². The number of azide groups is 1. The summed E-state index contributed by atoms with van der Waals surface area (Å²) in [5.41, 5.74) is 11.2. The zero-order valence-electron chi connectivity index (χ0n) is 13.2. The van der Waals surface area contributed by atoms with Crippen molar-refractivity contribution < 1.29 is 9.53 Å². The summed E-state index contributed by atoms with van der Waals surface area (Å²) in [7, 11) is 0. The van der Waals surface area contributed by atoms with Crippen LogP contribution in [0.25, 0.3) is 16.5 Å². The molecule has 0 aromatic heterocycles. The third-order valence-corrected chi connectivity index (χ3v) is 3.48. The van der Waals surface area contributed by atoms with Crippen molar-refractivity contribution >= 4 is 17.9 Å². The molecule has 0 N–H and O–H groups in total. The predicted molar refractivity (Wildman–Crippen MR) is 95.5 cm³/mol. The predicted octanol–water partition coefficient (Wildman–Crippen LogP) is 4.40. The molecule has 1 heterocycles. The number of aliphatic imine (C=N–C) groups is 1. The molecule has 1 aliphatic rings. The number of hydrogen-bond donors (Lipinski definition) is 0. The molecular weight excluding hydrogens is 316 g/mol. The first-order chi connectivity index (χ1) is 12.3. The molecule has 25 heavy (non-hydrogen) atoms. The van der Waals surface area contributed by atoms with Crippen LogP contribution in [0.2, 0.25) is 0 Å². The lowest BCUT2D eigenvalue weighted by molar-refractivity contribution is -0.130. The number of benzene rings is 2. The van der Waals surface area contributed by atoms with Gasteiger partial charge in [0.05, 0.1) is 6.54 Å². The lowest BCUT2D eigenvalue weighted by Crippen LogP contribution is -2.04. The molecule has 0 spiro atoms. The van der Waals surface area contributed by atoms with E-state index in [2.05, 4.69) is 15.0 Å². The molecule has 2 aromatic rings. The number of nitrogens with zero attached hydrogens (tertiary/aromatic N) is 4. The topological polar surface area (TPSA) is 87.4 Å². The number of carbonyl (C=O) groups excluding carboxylic acids is 1. The third-order valence-electron chi connectivity index (χ3n) is 3.48. The molecule has 122 valence electrons. The summed E-state index contributed by atoms with van der Waals surface area (Å²) < 4.78 is 5.19. The minimum Gasteiger partial charge on any atom is -0.402 e. The molecular formula is C19H14N4O2. The van der Waals surface area contributed by atoms with Crippen LogP contribution in [0.5, 0.6) is 0 Å². The van der Waals surface area contributed by atoms with Gasteiger partial charge in [-0.2, -0.15) is 0 Å². The van der Waals surface area contributed by atoms with Gasteiger partial charge in [0.25, 0.3) is 0 Å². The van der Waals surface area contributed by atoms with Crippen molar-refractivity contribution in [2.24, 2.45) is 10.1 Å². The van der Waals surface area contributed by atoms with E-state index in [0.29, 0.717) is 12.4 Å². The van der Waals surface area contributed by atoms with Gasteiger partial charge in [0, 0.05) is 10.5 Å². The van der Waals surface area contributed by atoms with Crippen LogP contribution in [0.3, 0.4) is 0 Å². The number of esters is 1. The Hall–Kier alpha value is -3.63. The number of carbonyl (C=O) groups is 1. The highest BCUT2D eigenvalue weighted by Crippen LogP contribution is 2.16. The molecule has 0 saturated heterocycles. The Balaban J connectivity index is 1.70. The lowest BCUT2D eigenvalue weighted by atomic mass is 10.1. The van der Waals surface area contributed by atoms with E-state index >= 15 is 0 Å². The fourth-order valence-corrected chi connectivity index (χ4v) is 2.23. The monoisotopic (exact) mass is 330 g/mol. The summed E-state index contributed by atoms with van der Waals surface area (Å²) >= 11 is 0. The molecule has 0 amide bonds. The Morgan fingerprint density at radius 1 is 1.12 bits per heavy atom. The zero-order valence-corrected chi connectivity index (χ0v) is 13.2. The second-order valence-electron chi connectivity index (χ2n) is 5.21. The first kappa shape index (κ1) is 16.2. The zero-order chi connectivity index (χ0) is 17.5. The number of rotatable bonds is 5. The van der Waals surface area contributed by atoms with Crippen LogP contribution in [0.4, 0.5) is 0 Å². The fourth-order valence-electron chi connectivity index (χ4n) is 2.23. The largest absolute Gasteiger partial charge is 0.402 e. The van der Waals surface area contributed by atoms with Crippen molar-refractivity contribution in [3.05, 3.63) is 99.6 Å². The van der Waals surface area contributed by atoms with Crippen molar-refractivity contribution in [2.75, 3.05) is 0 Å². The van der Waals surface area contributed by atoms with E-state index in [1.165, 1.54) is 0 Å². The molecule has 0 radical (unpaired) electrons. The van der Waals surface area contributed by atoms with E-state index in [4.69, 9.17) is 10.3 Å². The maximum atomic E-state index is 11.9. The summed E-state index contributed by atoms with van der Waals surface area (Å²) in [6, 6.07) is 16.9. The summed E-state index contributed by atoms with van der Waals surface area (Å²) in [4.78, 5) is 18.8. The van der Waals surface area contributed by atoms with E-state index in [9.17, 15) is 4.79 Å². The van der Waals surface area contributed by atoms with Crippen LogP contribution in [-0.4, -0.2) is 11.9 Å². The van der Waals surface area contributed by atoms with Gasteiger partial charge in [0.2, 0.25) is 5.90 Å². The lowest BCUT2D eigenvalue weighted by Gasteiger charge is -1.97. The van der Waals surface area contributed by atoms with E-state index in [1.54, 1.807) is 12.2 Å². The van der Waals surface area contributed by atoms with Gasteiger partial charge in [-0.05, 0) is 34.9 Å².